The molecule has 0 unspecified atom stereocenters. The van der Waals surface area contributed by atoms with Crippen LogP contribution >= 0.6 is 0 Å². The van der Waals surface area contributed by atoms with Crippen LogP contribution in [-0.4, -0.2) is 24.1 Å². The molecule has 3 nitrogen and oxygen atoms in total. The second-order valence-corrected chi connectivity index (χ2v) is 5.37. The smallest absolute Gasteiger partial charge is 0.141 e. The normalized spacial score (nSPS) is 15.8. The molecular formula is C14H22FN3. The lowest BCUT2D eigenvalue weighted by atomic mass is 9.91. The monoisotopic (exact) mass is 251 g/mol. The first-order valence-corrected chi connectivity index (χ1v) is 6.68. The van der Waals surface area contributed by atoms with Crippen LogP contribution in [0, 0.1) is 5.82 Å². The molecule has 1 aromatic rings. The molecule has 1 aromatic heterocycles. The Labute approximate surface area is 108 Å². The summed E-state index contributed by atoms with van der Waals surface area (Å²) in [4.78, 5) is 6.46. The number of anilines is 1. The fraction of sp³-hybridized carbons (Fsp3) is 0.643. The third kappa shape index (κ3) is 2.99. The van der Waals surface area contributed by atoms with Crippen LogP contribution in [0.15, 0.2) is 12.3 Å². The van der Waals surface area contributed by atoms with Gasteiger partial charge in [0, 0.05) is 31.2 Å². The van der Waals surface area contributed by atoms with Crippen LogP contribution in [0.5, 0.6) is 0 Å². The van der Waals surface area contributed by atoms with Crippen molar-refractivity contribution in [1.82, 2.24) is 10.3 Å². The van der Waals surface area contributed by atoms with Crippen LogP contribution in [-0.2, 0) is 6.54 Å². The summed E-state index contributed by atoms with van der Waals surface area (Å²) in [5.74, 6) is 0.649. The zero-order valence-corrected chi connectivity index (χ0v) is 11.4. The molecule has 0 saturated heterocycles. The van der Waals surface area contributed by atoms with Crippen molar-refractivity contribution in [3.05, 3.63) is 23.6 Å². The molecular weight excluding hydrogens is 229 g/mol. The molecule has 1 heterocycles. The lowest BCUT2D eigenvalue weighted by molar-refractivity contribution is 0.398. The molecule has 1 saturated carbocycles. The van der Waals surface area contributed by atoms with Crippen LogP contribution in [0.4, 0.5) is 10.2 Å². The highest BCUT2D eigenvalue weighted by Gasteiger charge is 2.24. The molecule has 100 valence electrons. The molecule has 0 spiro atoms. The number of pyridine rings is 1. The van der Waals surface area contributed by atoms with E-state index in [9.17, 15) is 4.39 Å². The lowest BCUT2D eigenvalue weighted by Crippen LogP contribution is -2.38. The van der Waals surface area contributed by atoms with Gasteiger partial charge in [0.2, 0.25) is 0 Å². The van der Waals surface area contributed by atoms with E-state index < -0.39 is 0 Å². The van der Waals surface area contributed by atoms with E-state index in [1.807, 2.05) is 0 Å². The quantitative estimate of drug-likeness (QED) is 0.872. The highest BCUT2D eigenvalue weighted by atomic mass is 19.1. The average Bonchev–Trinajstić information content (AvgIpc) is 2.23. The minimum atomic E-state index is -0.263. The van der Waals surface area contributed by atoms with Gasteiger partial charge in [-0.2, -0.15) is 0 Å². The van der Waals surface area contributed by atoms with Crippen molar-refractivity contribution in [3.63, 3.8) is 0 Å². The fourth-order valence-electron chi connectivity index (χ4n) is 2.18. The Morgan fingerprint density at radius 3 is 2.78 bits per heavy atom. The van der Waals surface area contributed by atoms with Gasteiger partial charge in [-0.3, -0.25) is 0 Å². The Morgan fingerprint density at radius 2 is 2.22 bits per heavy atom. The SMILES string of the molecule is CC(C)NCc1cc(F)cnc1N(C)C1CCC1. The fourth-order valence-corrected chi connectivity index (χ4v) is 2.18. The van der Waals surface area contributed by atoms with Crippen LogP contribution < -0.4 is 10.2 Å². The van der Waals surface area contributed by atoms with Gasteiger partial charge < -0.3 is 10.2 Å². The van der Waals surface area contributed by atoms with Crippen molar-refractivity contribution in [3.8, 4) is 0 Å². The number of aromatic nitrogens is 1. The van der Waals surface area contributed by atoms with E-state index in [0.29, 0.717) is 18.6 Å². The number of hydrogen-bond acceptors (Lipinski definition) is 3. The Hall–Kier alpha value is -1.16. The lowest BCUT2D eigenvalue weighted by Gasteiger charge is -2.36. The van der Waals surface area contributed by atoms with E-state index in [4.69, 9.17) is 0 Å². The first-order valence-electron chi connectivity index (χ1n) is 6.68. The second kappa shape index (κ2) is 5.65. The maximum Gasteiger partial charge on any atom is 0.141 e. The van der Waals surface area contributed by atoms with E-state index >= 15 is 0 Å². The number of nitrogens with one attached hydrogen (secondary N) is 1. The molecule has 2 rings (SSSR count). The summed E-state index contributed by atoms with van der Waals surface area (Å²) in [7, 11) is 2.06. The Bertz CT molecular complexity index is 402. The number of hydrogen-bond donors (Lipinski definition) is 1. The number of rotatable bonds is 5. The molecule has 0 amide bonds. The summed E-state index contributed by atoms with van der Waals surface area (Å²) in [6.07, 6.45) is 5.03. The number of nitrogens with zero attached hydrogens (tertiary/aromatic N) is 2. The molecule has 1 N–H and O–H groups in total. The molecule has 0 atom stereocenters. The topological polar surface area (TPSA) is 28.2 Å². The highest BCUT2D eigenvalue weighted by Crippen LogP contribution is 2.29. The Morgan fingerprint density at radius 1 is 1.50 bits per heavy atom. The van der Waals surface area contributed by atoms with Gasteiger partial charge in [0.05, 0.1) is 6.20 Å². The Balaban J connectivity index is 2.16. The van der Waals surface area contributed by atoms with Crippen molar-refractivity contribution in [2.75, 3.05) is 11.9 Å². The summed E-state index contributed by atoms with van der Waals surface area (Å²) in [6, 6.07) is 2.54. The van der Waals surface area contributed by atoms with Crippen molar-refractivity contribution in [2.45, 2.75) is 51.7 Å². The van der Waals surface area contributed by atoms with E-state index in [1.54, 1.807) is 6.07 Å². The van der Waals surface area contributed by atoms with Crippen molar-refractivity contribution >= 4 is 5.82 Å². The van der Waals surface area contributed by atoms with E-state index in [2.05, 4.69) is 36.1 Å². The van der Waals surface area contributed by atoms with Crippen LogP contribution in [0.1, 0.15) is 38.7 Å². The van der Waals surface area contributed by atoms with E-state index in [1.165, 1.54) is 25.5 Å². The maximum atomic E-state index is 13.3. The molecule has 0 aliphatic heterocycles. The van der Waals surface area contributed by atoms with Gasteiger partial charge in [-0.1, -0.05) is 13.8 Å². The van der Waals surface area contributed by atoms with Crippen molar-refractivity contribution in [2.24, 2.45) is 0 Å². The molecule has 0 bridgehead atoms. The average molecular weight is 251 g/mol. The van der Waals surface area contributed by atoms with E-state index in [0.717, 1.165) is 11.4 Å². The first-order chi connectivity index (χ1) is 8.58. The van der Waals surface area contributed by atoms with Crippen LogP contribution in [0.2, 0.25) is 0 Å². The van der Waals surface area contributed by atoms with Gasteiger partial charge in [-0.15, -0.1) is 0 Å². The van der Waals surface area contributed by atoms with Gasteiger partial charge >= 0.3 is 0 Å². The minimum absolute atomic E-state index is 0.263. The molecule has 1 aliphatic carbocycles. The third-order valence-electron chi connectivity index (χ3n) is 3.57. The molecule has 18 heavy (non-hydrogen) atoms. The van der Waals surface area contributed by atoms with E-state index in [-0.39, 0.29) is 5.82 Å². The van der Waals surface area contributed by atoms with Gasteiger partial charge in [-0.05, 0) is 25.3 Å². The minimum Gasteiger partial charge on any atom is -0.356 e. The van der Waals surface area contributed by atoms with Crippen molar-refractivity contribution < 1.29 is 4.39 Å². The third-order valence-corrected chi connectivity index (χ3v) is 3.57. The van der Waals surface area contributed by atoms with Gasteiger partial charge in [-0.25, -0.2) is 9.37 Å². The van der Waals surface area contributed by atoms with Crippen molar-refractivity contribution in [1.29, 1.82) is 0 Å². The maximum absolute atomic E-state index is 13.3. The summed E-state index contributed by atoms with van der Waals surface area (Å²) in [5, 5.41) is 3.33. The largest absolute Gasteiger partial charge is 0.356 e. The van der Waals surface area contributed by atoms with Gasteiger partial charge in [0.25, 0.3) is 0 Å². The second-order valence-electron chi connectivity index (χ2n) is 5.37. The highest BCUT2D eigenvalue weighted by molar-refractivity contribution is 5.47. The standard InChI is InChI=1S/C14H22FN3/c1-10(2)16-8-11-7-12(15)9-17-14(11)18(3)13-5-4-6-13/h7,9-10,13,16H,4-6,8H2,1-3H3. The zero-order valence-electron chi connectivity index (χ0n) is 11.4. The van der Waals surface area contributed by atoms with Gasteiger partial charge in [0.15, 0.2) is 0 Å². The summed E-state index contributed by atoms with van der Waals surface area (Å²) < 4.78 is 13.3. The summed E-state index contributed by atoms with van der Waals surface area (Å²) >= 11 is 0. The van der Waals surface area contributed by atoms with Gasteiger partial charge in [0.1, 0.15) is 11.6 Å². The Kier molecular flexibility index (Phi) is 4.17. The van der Waals surface area contributed by atoms with Crippen LogP contribution in [0.3, 0.4) is 0 Å². The molecule has 0 aromatic carbocycles. The molecule has 4 heteroatoms. The summed E-state index contributed by atoms with van der Waals surface area (Å²) in [6.45, 7) is 4.83. The molecule has 0 radical (unpaired) electrons. The number of halogens is 1. The summed E-state index contributed by atoms with van der Waals surface area (Å²) in [5.41, 5.74) is 0.943. The predicted molar refractivity (Wildman–Crippen MR) is 72.2 cm³/mol. The predicted octanol–water partition coefficient (Wildman–Crippen LogP) is 2.71. The first kappa shape index (κ1) is 13.3. The zero-order chi connectivity index (χ0) is 13.1. The molecule has 1 fully saturated rings. The molecule has 1 aliphatic rings. The van der Waals surface area contributed by atoms with Crippen LogP contribution in [0.25, 0.3) is 0 Å².